The fourth-order valence-electron chi connectivity index (χ4n) is 2.01. The smallest absolute Gasteiger partial charge is 0.222 e. The number of nitrogens with zero attached hydrogens (tertiary/aromatic N) is 2. The van der Waals surface area contributed by atoms with Crippen LogP contribution in [0.1, 0.15) is 11.1 Å². The Kier molecular flexibility index (Phi) is 3.97. The molecule has 0 aliphatic rings. The molecule has 0 amide bonds. The number of aliphatic hydroxyl groups is 1. The highest BCUT2D eigenvalue weighted by Gasteiger charge is 2.06. The second-order valence-corrected chi connectivity index (χ2v) is 4.52. The molecule has 2 aromatic rings. The maximum atomic E-state index is 8.82. The third-order valence-corrected chi connectivity index (χ3v) is 2.68. The average molecular weight is 258 g/mol. The summed E-state index contributed by atoms with van der Waals surface area (Å²) >= 11 is 0. The normalized spacial score (nSPS) is 10.5. The topological polar surface area (TPSA) is 84.1 Å². The van der Waals surface area contributed by atoms with Crippen LogP contribution in [0.3, 0.4) is 0 Å². The molecule has 0 radical (unpaired) electrons. The first kappa shape index (κ1) is 13.3. The summed E-state index contributed by atoms with van der Waals surface area (Å²) in [7, 11) is 0. The number of nitrogen functional groups attached to an aromatic ring is 1. The first-order valence-electron chi connectivity index (χ1n) is 6.16. The number of rotatable bonds is 4. The summed E-state index contributed by atoms with van der Waals surface area (Å²) in [6.45, 7) is 4.57. The summed E-state index contributed by atoms with van der Waals surface area (Å²) in [6, 6.07) is 8.06. The number of benzene rings is 1. The van der Waals surface area contributed by atoms with Gasteiger partial charge in [-0.3, -0.25) is 0 Å². The van der Waals surface area contributed by atoms with E-state index in [-0.39, 0.29) is 12.6 Å². The van der Waals surface area contributed by atoms with E-state index in [2.05, 4.69) is 33.5 Å². The highest BCUT2D eigenvalue weighted by atomic mass is 16.3. The lowest BCUT2D eigenvalue weighted by molar-refractivity contribution is 0.311. The van der Waals surface area contributed by atoms with Gasteiger partial charge in [0.15, 0.2) is 0 Å². The number of nitrogens with one attached hydrogen (secondary N) is 1. The zero-order chi connectivity index (χ0) is 13.8. The summed E-state index contributed by atoms with van der Waals surface area (Å²) < 4.78 is 0. The van der Waals surface area contributed by atoms with Crippen molar-refractivity contribution in [2.45, 2.75) is 13.8 Å². The summed E-state index contributed by atoms with van der Waals surface area (Å²) in [5.74, 6) is 0.841. The number of hydrogen-bond acceptors (Lipinski definition) is 5. The minimum atomic E-state index is 0.0444. The quantitative estimate of drug-likeness (QED) is 0.778. The fraction of sp³-hybridized carbons (Fsp3) is 0.286. The van der Waals surface area contributed by atoms with Gasteiger partial charge in [0.05, 0.1) is 12.3 Å². The number of aryl methyl sites for hydroxylation is 2. The van der Waals surface area contributed by atoms with Crippen molar-refractivity contribution in [1.82, 2.24) is 9.97 Å². The van der Waals surface area contributed by atoms with Gasteiger partial charge in [0.2, 0.25) is 5.95 Å². The molecule has 0 atom stereocenters. The van der Waals surface area contributed by atoms with Gasteiger partial charge in [-0.05, 0) is 26.0 Å². The molecule has 100 valence electrons. The van der Waals surface area contributed by atoms with Crippen molar-refractivity contribution >= 4 is 11.8 Å². The van der Waals surface area contributed by atoms with Gasteiger partial charge in [0.1, 0.15) is 5.82 Å². The third kappa shape index (κ3) is 3.42. The number of hydrogen-bond donors (Lipinski definition) is 3. The molecule has 0 fully saturated rings. The molecule has 1 heterocycles. The Balaban J connectivity index is 2.40. The van der Waals surface area contributed by atoms with Gasteiger partial charge < -0.3 is 16.2 Å². The van der Waals surface area contributed by atoms with Crippen LogP contribution in [0.4, 0.5) is 11.8 Å². The van der Waals surface area contributed by atoms with Crippen LogP contribution in [0, 0.1) is 13.8 Å². The van der Waals surface area contributed by atoms with Crippen LogP contribution in [-0.4, -0.2) is 28.2 Å². The SMILES string of the molecule is Cc1cc(C)cc(-c2cc(NCCO)nc(N)n2)c1. The van der Waals surface area contributed by atoms with E-state index >= 15 is 0 Å². The van der Waals surface area contributed by atoms with Gasteiger partial charge in [0, 0.05) is 18.2 Å². The number of anilines is 2. The van der Waals surface area contributed by atoms with Gasteiger partial charge in [-0.2, -0.15) is 4.98 Å². The van der Waals surface area contributed by atoms with E-state index in [0.717, 1.165) is 11.3 Å². The van der Waals surface area contributed by atoms with Gasteiger partial charge >= 0.3 is 0 Å². The van der Waals surface area contributed by atoms with Crippen molar-refractivity contribution in [2.75, 3.05) is 24.2 Å². The molecule has 0 spiro atoms. The Bertz CT molecular complexity index is 563. The van der Waals surface area contributed by atoms with Gasteiger partial charge in [-0.15, -0.1) is 0 Å². The van der Waals surface area contributed by atoms with Crippen LogP contribution in [0.15, 0.2) is 24.3 Å². The van der Waals surface area contributed by atoms with Crippen molar-refractivity contribution in [1.29, 1.82) is 0 Å². The number of aromatic nitrogens is 2. The van der Waals surface area contributed by atoms with E-state index in [1.807, 2.05) is 19.9 Å². The molecular formula is C14H18N4O. The van der Waals surface area contributed by atoms with Crippen molar-refractivity contribution in [2.24, 2.45) is 0 Å². The molecule has 0 saturated carbocycles. The molecule has 1 aromatic carbocycles. The Morgan fingerprint density at radius 1 is 1.11 bits per heavy atom. The summed E-state index contributed by atoms with van der Waals surface area (Å²) in [5, 5.41) is 11.8. The molecule has 2 rings (SSSR count). The molecule has 4 N–H and O–H groups in total. The first-order chi connectivity index (χ1) is 9.08. The molecular weight excluding hydrogens is 240 g/mol. The second kappa shape index (κ2) is 5.67. The van der Waals surface area contributed by atoms with E-state index in [4.69, 9.17) is 10.8 Å². The van der Waals surface area contributed by atoms with Crippen molar-refractivity contribution in [3.8, 4) is 11.3 Å². The van der Waals surface area contributed by atoms with Crippen LogP contribution >= 0.6 is 0 Å². The predicted octanol–water partition coefficient (Wildman–Crippen LogP) is 1.75. The largest absolute Gasteiger partial charge is 0.395 e. The number of aliphatic hydroxyl groups excluding tert-OH is 1. The highest BCUT2D eigenvalue weighted by Crippen LogP contribution is 2.23. The lowest BCUT2D eigenvalue weighted by Crippen LogP contribution is -2.09. The summed E-state index contributed by atoms with van der Waals surface area (Å²) in [5.41, 5.74) is 9.87. The molecule has 1 aromatic heterocycles. The number of nitrogens with two attached hydrogens (primary N) is 1. The van der Waals surface area contributed by atoms with Gasteiger partial charge in [-0.1, -0.05) is 17.2 Å². The van der Waals surface area contributed by atoms with E-state index in [1.165, 1.54) is 11.1 Å². The fourth-order valence-corrected chi connectivity index (χ4v) is 2.01. The maximum absolute atomic E-state index is 8.82. The van der Waals surface area contributed by atoms with Crippen molar-refractivity contribution in [3.05, 3.63) is 35.4 Å². The van der Waals surface area contributed by atoms with E-state index in [1.54, 1.807) is 0 Å². The molecule has 0 aliphatic heterocycles. The molecule has 0 unspecified atom stereocenters. The van der Waals surface area contributed by atoms with E-state index in [0.29, 0.717) is 12.4 Å². The van der Waals surface area contributed by atoms with Crippen LogP contribution < -0.4 is 11.1 Å². The molecule has 5 heteroatoms. The Hall–Kier alpha value is -2.14. The maximum Gasteiger partial charge on any atom is 0.222 e. The van der Waals surface area contributed by atoms with E-state index < -0.39 is 0 Å². The average Bonchev–Trinajstić information content (AvgIpc) is 2.34. The first-order valence-corrected chi connectivity index (χ1v) is 6.16. The van der Waals surface area contributed by atoms with E-state index in [9.17, 15) is 0 Å². The van der Waals surface area contributed by atoms with Crippen LogP contribution in [0.2, 0.25) is 0 Å². The van der Waals surface area contributed by atoms with Crippen LogP contribution in [0.25, 0.3) is 11.3 Å². The lowest BCUT2D eigenvalue weighted by Gasteiger charge is -2.09. The monoisotopic (exact) mass is 258 g/mol. The molecule has 19 heavy (non-hydrogen) atoms. The zero-order valence-electron chi connectivity index (χ0n) is 11.1. The van der Waals surface area contributed by atoms with Crippen molar-refractivity contribution in [3.63, 3.8) is 0 Å². The Labute approximate surface area is 112 Å². The molecule has 0 aliphatic carbocycles. The minimum Gasteiger partial charge on any atom is -0.395 e. The second-order valence-electron chi connectivity index (χ2n) is 4.52. The van der Waals surface area contributed by atoms with Crippen LogP contribution in [-0.2, 0) is 0 Å². The van der Waals surface area contributed by atoms with Gasteiger partial charge in [0.25, 0.3) is 0 Å². The summed E-state index contributed by atoms with van der Waals surface area (Å²) in [6.07, 6.45) is 0. The summed E-state index contributed by atoms with van der Waals surface area (Å²) in [4.78, 5) is 8.34. The molecule has 0 bridgehead atoms. The third-order valence-electron chi connectivity index (χ3n) is 2.68. The van der Waals surface area contributed by atoms with Gasteiger partial charge in [-0.25, -0.2) is 4.98 Å². The standard InChI is InChI=1S/C14H18N4O/c1-9-5-10(2)7-11(6-9)12-8-13(16-3-4-19)18-14(15)17-12/h5-8,19H,3-4H2,1-2H3,(H3,15,16,17,18). The highest BCUT2D eigenvalue weighted by molar-refractivity contribution is 5.65. The molecule has 5 nitrogen and oxygen atoms in total. The predicted molar refractivity (Wildman–Crippen MR) is 76.9 cm³/mol. The van der Waals surface area contributed by atoms with Crippen molar-refractivity contribution < 1.29 is 5.11 Å². The Morgan fingerprint density at radius 2 is 1.79 bits per heavy atom. The Morgan fingerprint density at radius 3 is 2.42 bits per heavy atom. The lowest BCUT2D eigenvalue weighted by atomic mass is 10.0. The molecule has 0 saturated heterocycles. The van der Waals surface area contributed by atoms with Crippen LogP contribution in [0.5, 0.6) is 0 Å². The zero-order valence-corrected chi connectivity index (χ0v) is 11.1. The minimum absolute atomic E-state index is 0.0444.